The van der Waals surface area contributed by atoms with E-state index in [1.165, 1.54) is 37.8 Å². The molecule has 2 N–H and O–H groups in total. The van der Waals surface area contributed by atoms with Crippen molar-refractivity contribution < 1.29 is 4.79 Å². The van der Waals surface area contributed by atoms with Crippen molar-refractivity contribution in [3.63, 3.8) is 0 Å². The van der Waals surface area contributed by atoms with Crippen LogP contribution in [0.15, 0.2) is 24.3 Å². The highest BCUT2D eigenvalue weighted by Crippen LogP contribution is 2.44. The second-order valence-electron chi connectivity index (χ2n) is 7.43. The standard InChI is InChI=1S/C19H27N3O/c23-18(19-9-2-1-6-15(19)13-20-14-19)21-16-7-5-8-17(12-16)22-10-3-4-11-22/h5,7-8,12,15,20H,1-4,6,9-11,13-14H2,(H,21,23)/t15-,19+/m0/s1. The molecule has 1 aromatic rings. The second kappa shape index (κ2) is 6.16. The zero-order chi connectivity index (χ0) is 15.7. The minimum absolute atomic E-state index is 0.179. The molecule has 0 bridgehead atoms. The summed E-state index contributed by atoms with van der Waals surface area (Å²) in [6, 6.07) is 8.38. The first-order chi connectivity index (χ1) is 11.3. The van der Waals surface area contributed by atoms with E-state index >= 15 is 0 Å². The summed E-state index contributed by atoms with van der Waals surface area (Å²) in [4.78, 5) is 15.4. The van der Waals surface area contributed by atoms with Crippen LogP contribution in [0.4, 0.5) is 11.4 Å². The molecule has 2 saturated heterocycles. The van der Waals surface area contributed by atoms with Crippen LogP contribution in [-0.4, -0.2) is 32.1 Å². The molecule has 23 heavy (non-hydrogen) atoms. The molecule has 4 heteroatoms. The van der Waals surface area contributed by atoms with E-state index in [1.54, 1.807) is 0 Å². The highest BCUT2D eigenvalue weighted by molar-refractivity contribution is 5.96. The number of carbonyl (C=O) groups excluding carboxylic acids is 1. The first-order valence-corrected chi connectivity index (χ1v) is 9.15. The van der Waals surface area contributed by atoms with E-state index in [-0.39, 0.29) is 11.3 Å². The van der Waals surface area contributed by atoms with Crippen LogP contribution in [0.2, 0.25) is 0 Å². The predicted octanol–water partition coefficient (Wildman–Crippen LogP) is 3.01. The lowest BCUT2D eigenvalue weighted by Crippen LogP contribution is -2.44. The Hall–Kier alpha value is -1.55. The van der Waals surface area contributed by atoms with Crippen LogP contribution in [0, 0.1) is 11.3 Å². The molecule has 3 aliphatic rings. The third-order valence-electron chi connectivity index (χ3n) is 6.07. The first-order valence-electron chi connectivity index (χ1n) is 9.15. The molecule has 0 spiro atoms. The molecule has 4 rings (SSSR count). The van der Waals surface area contributed by atoms with Gasteiger partial charge in [-0.05, 0) is 56.3 Å². The van der Waals surface area contributed by atoms with Gasteiger partial charge in [-0.25, -0.2) is 0 Å². The Bertz CT molecular complexity index is 582. The Balaban J connectivity index is 1.51. The van der Waals surface area contributed by atoms with Gasteiger partial charge < -0.3 is 15.5 Å². The molecule has 1 aliphatic carbocycles. The summed E-state index contributed by atoms with van der Waals surface area (Å²) in [5.74, 6) is 0.740. The summed E-state index contributed by atoms with van der Waals surface area (Å²) in [5, 5.41) is 6.69. The SMILES string of the molecule is O=C(Nc1cccc(N2CCCC2)c1)[C@@]12CCCC[C@H]1CNC2. The molecule has 2 heterocycles. The fourth-order valence-electron chi connectivity index (χ4n) is 4.70. The molecule has 4 nitrogen and oxygen atoms in total. The van der Waals surface area contributed by atoms with Gasteiger partial charge in [-0.3, -0.25) is 4.79 Å². The van der Waals surface area contributed by atoms with Gasteiger partial charge in [-0.2, -0.15) is 0 Å². The Labute approximate surface area is 138 Å². The summed E-state index contributed by atoms with van der Waals surface area (Å²) in [6.45, 7) is 4.11. The molecule has 1 aromatic carbocycles. The van der Waals surface area contributed by atoms with Gasteiger partial charge in [0.15, 0.2) is 0 Å². The summed E-state index contributed by atoms with van der Waals surface area (Å²) in [6.07, 6.45) is 7.21. The number of benzene rings is 1. The summed E-state index contributed by atoms with van der Waals surface area (Å²) in [7, 11) is 0. The Morgan fingerprint density at radius 2 is 2.09 bits per heavy atom. The lowest BCUT2D eigenvalue weighted by atomic mass is 9.67. The fourth-order valence-corrected chi connectivity index (χ4v) is 4.70. The van der Waals surface area contributed by atoms with Crippen LogP contribution >= 0.6 is 0 Å². The Morgan fingerprint density at radius 1 is 1.22 bits per heavy atom. The molecule has 0 aromatic heterocycles. The smallest absolute Gasteiger partial charge is 0.232 e. The highest BCUT2D eigenvalue weighted by Gasteiger charge is 2.49. The molecule has 1 amide bonds. The van der Waals surface area contributed by atoms with Crippen molar-refractivity contribution in [1.29, 1.82) is 0 Å². The summed E-state index contributed by atoms with van der Waals surface area (Å²) in [5.41, 5.74) is 2.01. The number of hydrogen-bond acceptors (Lipinski definition) is 3. The van der Waals surface area contributed by atoms with Crippen LogP contribution in [0.5, 0.6) is 0 Å². The van der Waals surface area contributed by atoms with Gasteiger partial charge in [0.25, 0.3) is 0 Å². The number of hydrogen-bond donors (Lipinski definition) is 2. The average Bonchev–Trinajstić information content (AvgIpc) is 3.25. The van der Waals surface area contributed by atoms with E-state index in [4.69, 9.17) is 0 Å². The topological polar surface area (TPSA) is 44.4 Å². The number of carbonyl (C=O) groups is 1. The normalized spacial score (nSPS) is 30.3. The van der Waals surface area contributed by atoms with Crippen molar-refractivity contribution in [2.24, 2.45) is 11.3 Å². The highest BCUT2D eigenvalue weighted by atomic mass is 16.2. The average molecular weight is 313 g/mol. The second-order valence-corrected chi connectivity index (χ2v) is 7.43. The van der Waals surface area contributed by atoms with Gasteiger partial charge in [0, 0.05) is 31.0 Å². The van der Waals surface area contributed by atoms with E-state index in [0.717, 1.165) is 38.3 Å². The quantitative estimate of drug-likeness (QED) is 0.901. The number of fused-ring (bicyclic) bond motifs is 1. The molecule has 0 radical (unpaired) electrons. The maximum absolute atomic E-state index is 13.0. The van der Waals surface area contributed by atoms with Gasteiger partial charge >= 0.3 is 0 Å². The maximum Gasteiger partial charge on any atom is 0.232 e. The predicted molar refractivity (Wildman–Crippen MR) is 93.8 cm³/mol. The van der Waals surface area contributed by atoms with E-state index in [2.05, 4.69) is 33.7 Å². The molecule has 1 saturated carbocycles. The minimum Gasteiger partial charge on any atom is -0.371 e. The van der Waals surface area contributed by atoms with Crippen LogP contribution in [-0.2, 0) is 4.79 Å². The third-order valence-corrected chi connectivity index (χ3v) is 6.07. The van der Waals surface area contributed by atoms with Crippen molar-refractivity contribution in [3.05, 3.63) is 24.3 Å². The van der Waals surface area contributed by atoms with Crippen LogP contribution < -0.4 is 15.5 Å². The Morgan fingerprint density at radius 3 is 2.96 bits per heavy atom. The largest absolute Gasteiger partial charge is 0.371 e. The molecular weight excluding hydrogens is 286 g/mol. The van der Waals surface area contributed by atoms with E-state index in [1.807, 2.05) is 6.07 Å². The number of rotatable bonds is 3. The van der Waals surface area contributed by atoms with Crippen molar-refractivity contribution in [2.75, 3.05) is 36.4 Å². The van der Waals surface area contributed by atoms with Gasteiger partial charge in [0.05, 0.1) is 5.41 Å². The van der Waals surface area contributed by atoms with Gasteiger partial charge in [0.1, 0.15) is 0 Å². The van der Waals surface area contributed by atoms with Gasteiger partial charge in [-0.15, -0.1) is 0 Å². The monoisotopic (exact) mass is 313 g/mol. The number of nitrogens with zero attached hydrogens (tertiary/aromatic N) is 1. The van der Waals surface area contributed by atoms with E-state index < -0.39 is 0 Å². The van der Waals surface area contributed by atoms with Crippen LogP contribution in [0.1, 0.15) is 38.5 Å². The fraction of sp³-hybridized carbons (Fsp3) is 0.632. The molecule has 0 unspecified atom stereocenters. The zero-order valence-electron chi connectivity index (χ0n) is 13.8. The van der Waals surface area contributed by atoms with Crippen molar-refractivity contribution in [2.45, 2.75) is 38.5 Å². The summed E-state index contributed by atoms with van der Waals surface area (Å²) >= 11 is 0. The summed E-state index contributed by atoms with van der Waals surface area (Å²) < 4.78 is 0. The third kappa shape index (κ3) is 2.74. The minimum atomic E-state index is -0.179. The van der Waals surface area contributed by atoms with Crippen molar-refractivity contribution >= 4 is 17.3 Å². The first kappa shape index (κ1) is 15.0. The number of amides is 1. The molecular formula is C19H27N3O. The zero-order valence-corrected chi connectivity index (χ0v) is 13.8. The van der Waals surface area contributed by atoms with Crippen LogP contribution in [0.25, 0.3) is 0 Å². The molecule has 2 aliphatic heterocycles. The van der Waals surface area contributed by atoms with Crippen molar-refractivity contribution in [1.82, 2.24) is 5.32 Å². The maximum atomic E-state index is 13.0. The van der Waals surface area contributed by atoms with Gasteiger partial charge in [0.2, 0.25) is 5.91 Å². The molecule has 2 atom stereocenters. The Kier molecular flexibility index (Phi) is 4.02. The van der Waals surface area contributed by atoms with Gasteiger partial charge in [-0.1, -0.05) is 18.9 Å². The van der Waals surface area contributed by atoms with Crippen LogP contribution in [0.3, 0.4) is 0 Å². The van der Waals surface area contributed by atoms with E-state index in [0.29, 0.717) is 5.92 Å². The number of anilines is 2. The lowest BCUT2D eigenvalue weighted by molar-refractivity contribution is -0.128. The van der Waals surface area contributed by atoms with E-state index in [9.17, 15) is 4.79 Å². The lowest BCUT2D eigenvalue weighted by Gasteiger charge is -2.37. The van der Waals surface area contributed by atoms with Crippen molar-refractivity contribution in [3.8, 4) is 0 Å². The molecule has 3 fully saturated rings. The number of nitrogens with one attached hydrogen (secondary N) is 2. The molecule has 124 valence electrons.